The van der Waals surface area contributed by atoms with E-state index in [1.165, 1.54) is 25.8 Å². The second-order valence-corrected chi connectivity index (χ2v) is 8.36. The van der Waals surface area contributed by atoms with Gasteiger partial charge in [0.15, 0.2) is 0 Å². The molecule has 23 heavy (non-hydrogen) atoms. The fraction of sp³-hybridized carbons (Fsp3) is 0.944. The van der Waals surface area contributed by atoms with Crippen LogP contribution in [0.15, 0.2) is 0 Å². The van der Waals surface area contributed by atoms with Crippen LogP contribution in [0.5, 0.6) is 0 Å². The van der Waals surface area contributed by atoms with E-state index < -0.39 is 5.60 Å². The van der Waals surface area contributed by atoms with Crippen LogP contribution in [0.2, 0.25) is 0 Å². The number of hydrogen-bond donors (Lipinski definition) is 0. The van der Waals surface area contributed by atoms with Crippen LogP contribution in [-0.4, -0.2) is 66.4 Å². The lowest BCUT2D eigenvalue weighted by atomic mass is 9.93. The Morgan fingerprint density at radius 3 is 2.26 bits per heavy atom. The summed E-state index contributed by atoms with van der Waals surface area (Å²) in [6, 6.07) is 1.33. The molecule has 2 bridgehead atoms. The molecule has 0 saturated carbocycles. The first-order valence-corrected chi connectivity index (χ1v) is 9.24. The first kappa shape index (κ1) is 17.0. The van der Waals surface area contributed by atoms with Gasteiger partial charge in [0.05, 0.1) is 13.2 Å². The monoisotopic (exact) mass is 324 g/mol. The van der Waals surface area contributed by atoms with Crippen LogP contribution < -0.4 is 0 Å². The second-order valence-electron chi connectivity index (χ2n) is 8.36. The average molecular weight is 324 g/mol. The number of carbonyl (C=O) groups excluding carboxylic acids is 1. The van der Waals surface area contributed by atoms with Crippen LogP contribution in [-0.2, 0) is 9.47 Å². The maximum atomic E-state index is 12.1. The van der Waals surface area contributed by atoms with Gasteiger partial charge in [-0.3, -0.25) is 4.90 Å². The quantitative estimate of drug-likeness (QED) is 0.800. The smallest absolute Gasteiger partial charge is 0.410 e. The van der Waals surface area contributed by atoms with E-state index in [-0.39, 0.29) is 6.09 Å². The number of nitrogens with zero attached hydrogens (tertiary/aromatic N) is 2. The molecule has 3 heterocycles. The van der Waals surface area contributed by atoms with E-state index in [2.05, 4.69) is 4.90 Å². The van der Waals surface area contributed by atoms with Crippen molar-refractivity contribution in [1.82, 2.24) is 9.80 Å². The van der Waals surface area contributed by atoms with Crippen LogP contribution in [0.3, 0.4) is 0 Å². The lowest BCUT2D eigenvalue weighted by molar-refractivity contribution is -0.0183. The summed E-state index contributed by atoms with van der Waals surface area (Å²) in [7, 11) is 0. The molecule has 2 atom stereocenters. The molecule has 3 aliphatic rings. The fourth-order valence-electron chi connectivity index (χ4n) is 4.14. The third-order valence-electron chi connectivity index (χ3n) is 5.45. The number of amides is 1. The van der Waals surface area contributed by atoms with Crippen LogP contribution >= 0.6 is 0 Å². The fourth-order valence-corrected chi connectivity index (χ4v) is 4.14. The summed E-state index contributed by atoms with van der Waals surface area (Å²) in [6.45, 7) is 10.5. The Hall–Kier alpha value is -0.810. The molecule has 3 rings (SSSR count). The summed E-state index contributed by atoms with van der Waals surface area (Å²) in [5.74, 6) is 0.746. The van der Waals surface area contributed by atoms with Gasteiger partial charge in [0.25, 0.3) is 0 Å². The lowest BCUT2D eigenvalue weighted by Gasteiger charge is -2.37. The van der Waals surface area contributed by atoms with Crippen LogP contribution in [0.4, 0.5) is 4.79 Å². The van der Waals surface area contributed by atoms with Crippen molar-refractivity contribution in [2.45, 2.75) is 70.6 Å². The molecule has 0 aromatic carbocycles. The van der Waals surface area contributed by atoms with Crippen molar-refractivity contribution in [1.29, 1.82) is 0 Å². The molecule has 0 radical (unpaired) electrons. The number of fused-ring (bicyclic) bond motifs is 2. The van der Waals surface area contributed by atoms with Crippen LogP contribution in [0.25, 0.3) is 0 Å². The summed E-state index contributed by atoms with van der Waals surface area (Å²) in [5, 5.41) is 0. The number of likely N-dealkylation sites (tertiary alicyclic amines) is 1. The van der Waals surface area contributed by atoms with Gasteiger partial charge in [0.2, 0.25) is 0 Å². The summed E-state index contributed by atoms with van der Waals surface area (Å²) in [5.41, 5.74) is -0.399. The van der Waals surface area contributed by atoms with Gasteiger partial charge in [0, 0.05) is 25.2 Å². The van der Waals surface area contributed by atoms with Gasteiger partial charge in [-0.25, -0.2) is 4.79 Å². The van der Waals surface area contributed by atoms with Crippen molar-refractivity contribution in [2.75, 3.05) is 32.8 Å². The highest BCUT2D eigenvalue weighted by Gasteiger charge is 2.37. The molecule has 5 nitrogen and oxygen atoms in total. The van der Waals surface area contributed by atoms with E-state index in [0.29, 0.717) is 12.1 Å². The van der Waals surface area contributed by atoms with Gasteiger partial charge < -0.3 is 14.4 Å². The molecule has 0 N–H and O–H groups in total. The highest BCUT2D eigenvalue weighted by atomic mass is 16.6. The Labute approximate surface area is 140 Å². The van der Waals surface area contributed by atoms with Gasteiger partial charge >= 0.3 is 6.09 Å². The normalized spacial score (nSPS) is 29.8. The Bertz CT molecular complexity index is 397. The number of carbonyl (C=O) groups is 1. The van der Waals surface area contributed by atoms with Crippen molar-refractivity contribution < 1.29 is 14.3 Å². The topological polar surface area (TPSA) is 42.0 Å². The third kappa shape index (κ3) is 4.38. The molecular weight excluding hydrogens is 292 g/mol. The summed E-state index contributed by atoms with van der Waals surface area (Å²) in [6.07, 6.45) is 5.94. The van der Waals surface area contributed by atoms with E-state index in [1.807, 2.05) is 25.7 Å². The van der Waals surface area contributed by atoms with Crippen molar-refractivity contribution >= 4 is 6.09 Å². The predicted octanol–water partition coefficient (Wildman–Crippen LogP) is 2.89. The minimum atomic E-state index is -0.399. The van der Waals surface area contributed by atoms with Crippen LogP contribution in [0.1, 0.15) is 52.9 Å². The van der Waals surface area contributed by atoms with E-state index in [9.17, 15) is 4.79 Å². The van der Waals surface area contributed by atoms with Gasteiger partial charge in [-0.1, -0.05) is 0 Å². The molecular formula is C18H32N2O3. The molecule has 3 fully saturated rings. The third-order valence-corrected chi connectivity index (χ3v) is 5.45. The maximum absolute atomic E-state index is 12.1. The lowest BCUT2D eigenvalue weighted by Crippen LogP contribution is -2.47. The SMILES string of the molecule is CC(C)(C)OC(=O)N1CCC(CCN2C3CCC2COC3)CC1. The first-order valence-electron chi connectivity index (χ1n) is 9.24. The molecule has 0 aliphatic carbocycles. The summed E-state index contributed by atoms with van der Waals surface area (Å²) in [4.78, 5) is 16.7. The number of rotatable bonds is 3. The minimum Gasteiger partial charge on any atom is -0.444 e. The number of hydrogen-bond acceptors (Lipinski definition) is 4. The zero-order valence-corrected chi connectivity index (χ0v) is 14.9. The van der Waals surface area contributed by atoms with Crippen molar-refractivity contribution in [2.24, 2.45) is 5.92 Å². The average Bonchev–Trinajstić information content (AvgIpc) is 2.71. The number of morpholine rings is 1. The van der Waals surface area contributed by atoms with Gasteiger partial charge in [-0.05, 0) is 65.3 Å². The molecule has 1 amide bonds. The second kappa shape index (κ2) is 6.98. The van der Waals surface area contributed by atoms with Crippen LogP contribution in [0, 0.1) is 5.92 Å². The Morgan fingerprint density at radius 1 is 1.09 bits per heavy atom. The Kier molecular flexibility index (Phi) is 5.16. The summed E-state index contributed by atoms with van der Waals surface area (Å²) < 4.78 is 11.1. The van der Waals surface area contributed by atoms with Gasteiger partial charge in [-0.2, -0.15) is 0 Å². The minimum absolute atomic E-state index is 0.151. The van der Waals surface area contributed by atoms with Gasteiger partial charge in [0.1, 0.15) is 5.60 Å². The highest BCUT2D eigenvalue weighted by molar-refractivity contribution is 5.68. The molecule has 0 spiro atoms. The van der Waals surface area contributed by atoms with E-state index >= 15 is 0 Å². The van der Waals surface area contributed by atoms with E-state index in [4.69, 9.17) is 9.47 Å². The summed E-state index contributed by atoms with van der Waals surface area (Å²) >= 11 is 0. The molecule has 3 aliphatic heterocycles. The van der Waals surface area contributed by atoms with Crippen molar-refractivity contribution in [3.05, 3.63) is 0 Å². The highest BCUT2D eigenvalue weighted by Crippen LogP contribution is 2.30. The largest absolute Gasteiger partial charge is 0.444 e. The van der Waals surface area contributed by atoms with E-state index in [1.54, 1.807) is 0 Å². The van der Waals surface area contributed by atoms with Crippen molar-refractivity contribution in [3.8, 4) is 0 Å². The number of piperidine rings is 1. The Morgan fingerprint density at radius 2 is 1.70 bits per heavy atom. The van der Waals surface area contributed by atoms with Gasteiger partial charge in [-0.15, -0.1) is 0 Å². The maximum Gasteiger partial charge on any atom is 0.410 e. The molecule has 0 aromatic heterocycles. The Balaban J connectivity index is 1.39. The molecule has 132 valence electrons. The number of ether oxygens (including phenoxy) is 2. The zero-order chi connectivity index (χ0) is 16.4. The first-order chi connectivity index (χ1) is 10.9. The van der Waals surface area contributed by atoms with Crippen molar-refractivity contribution in [3.63, 3.8) is 0 Å². The molecule has 2 unspecified atom stereocenters. The molecule has 5 heteroatoms. The zero-order valence-electron chi connectivity index (χ0n) is 14.9. The predicted molar refractivity (Wildman–Crippen MR) is 89.5 cm³/mol. The molecule has 0 aromatic rings. The standard InChI is InChI=1S/C18H32N2O3/c1-18(2,3)23-17(21)19-9-6-14(7-10-19)8-11-20-15-4-5-16(20)13-22-12-15/h14-16H,4-13H2,1-3H3. The van der Waals surface area contributed by atoms with E-state index in [0.717, 1.165) is 45.1 Å². The molecule has 3 saturated heterocycles.